The van der Waals surface area contributed by atoms with Crippen LogP contribution in [0.25, 0.3) is 0 Å². The first kappa shape index (κ1) is 32.2. The van der Waals surface area contributed by atoms with E-state index in [4.69, 9.17) is 22.3 Å². The number of carbonyl (C=O) groups excluding carboxylic acids is 5. The van der Waals surface area contributed by atoms with Crippen molar-refractivity contribution in [3.8, 4) is 0 Å². The Balaban J connectivity index is 5.61. The first-order valence-electron chi connectivity index (χ1n) is 11.4. The van der Waals surface area contributed by atoms with Crippen molar-refractivity contribution in [2.24, 2.45) is 23.1 Å². The van der Waals surface area contributed by atoms with E-state index in [1.807, 2.05) is 0 Å². The lowest BCUT2D eigenvalue weighted by Crippen LogP contribution is -2.58. The van der Waals surface area contributed by atoms with Crippen LogP contribution in [0.1, 0.15) is 58.8 Å². The van der Waals surface area contributed by atoms with Crippen molar-refractivity contribution < 1.29 is 43.8 Å². The van der Waals surface area contributed by atoms with Gasteiger partial charge in [-0.3, -0.25) is 28.8 Å². The van der Waals surface area contributed by atoms with Crippen molar-refractivity contribution >= 4 is 41.5 Å². The Morgan fingerprint density at radius 2 is 1.22 bits per heavy atom. The molecule has 0 aromatic heterocycles. The van der Waals surface area contributed by atoms with Crippen LogP contribution in [0.3, 0.4) is 0 Å². The van der Waals surface area contributed by atoms with Crippen molar-refractivity contribution in [3.63, 3.8) is 0 Å². The van der Waals surface area contributed by atoms with Crippen molar-refractivity contribution in [2.45, 2.75) is 83.0 Å². The summed E-state index contributed by atoms with van der Waals surface area (Å²) < 4.78 is 0. The molecule has 0 saturated carbocycles. The second-order valence-electron chi connectivity index (χ2n) is 8.38. The Labute approximate surface area is 207 Å². The highest BCUT2D eigenvalue weighted by Crippen LogP contribution is 2.11. The maximum Gasteiger partial charge on any atom is 0.326 e. The number of rotatable bonds is 18. The summed E-state index contributed by atoms with van der Waals surface area (Å²) in [7, 11) is 0. The Bertz CT molecular complexity index is 835. The molecule has 5 amide bonds. The van der Waals surface area contributed by atoms with Gasteiger partial charge >= 0.3 is 11.9 Å². The summed E-state index contributed by atoms with van der Waals surface area (Å²) in [5.41, 5.74) is 15.9. The minimum atomic E-state index is -1.51. The standard InChI is InChI=1S/C21H36N6O9/c1-3-10(2)17(20(34)26-13(21(35)36)6-9-16(30)31)27-19(33)12(5-8-15(24)29)25-18(32)11(22)4-7-14(23)28/h10-13,17H,3-9,22H2,1-2H3,(H2,23,28)(H2,24,29)(H,25,32)(H,26,34)(H,27,33)(H,30,31)(H,35,36). The summed E-state index contributed by atoms with van der Waals surface area (Å²) in [6.45, 7) is 3.34. The molecule has 15 nitrogen and oxygen atoms in total. The maximum absolute atomic E-state index is 13.0. The van der Waals surface area contributed by atoms with Gasteiger partial charge in [-0.2, -0.15) is 0 Å². The quantitative estimate of drug-likeness (QED) is 0.0932. The Hall–Kier alpha value is -3.75. The highest BCUT2D eigenvalue weighted by molar-refractivity contribution is 5.94. The molecule has 0 aliphatic heterocycles. The number of amides is 5. The molecule has 0 radical (unpaired) electrons. The van der Waals surface area contributed by atoms with Crippen molar-refractivity contribution in [2.75, 3.05) is 0 Å². The molecular formula is C21H36N6O9. The Kier molecular flexibility index (Phi) is 14.4. The summed E-state index contributed by atoms with van der Waals surface area (Å²) in [6, 6.07) is -5.26. The van der Waals surface area contributed by atoms with Gasteiger partial charge in [-0.05, 0) is 25.2 Å². The van der Waals surface area contributed by atoms with Crippen molar-refractivity contribution in [1.29, 1.82) is 0 Å². The van der Waals surface area contributed by atoms with E-state index in [0.717, 1.165) is 0 Å². The van der Waals surface area contributed by atoms with Gasteiger partial charge in [0.25, 0.3) is 0 Å². The monoisotopic (exact) mass is 516 g/mol. The van der Waals surface area contributed by atoms with Crippen LogP contribution in [0, 0.1) is 5.92 Å². The smallest absolute Gasteiger partial charge is 0.326 e. The van der Waals surface area contributed by atoms with Gasteiger partial charge in [0.05, 0.1) is 6.04 Å². The van der Waals surface area contributed by atoms with E-state index in [1.54, 1.807) is 13.8 Å². The van der Waals surface area contributed by atoms with Gasteiger partial charge in [0.2, 0.25) is 29.5 Å². The number of carboxylic acids is 2. The van der Waals surface area contributed by atoms with E-state index < -0.39 is 78.0 Å². The highest BCUT2D eigenvalue weighted by Gasteiger charge is 2.33. The summed E-state index contributed by atoms with van der Waals surface area (Å²) in [4.78, 5) is 82.6. The largest absolute Gasteiger partial charge is 0.481 e. The summed E-state index contributed by atoms with van der Waals surface area (Å²) in [5, 5.41) is 25.1. The van der Waals surface area contributed by atoms with Crippen LogP contribution >= 0.6 is 0 Å². The fourth-order valence-corrected chi connectivity index (χ4v) is 3.01. The molecule has 36 heavy (non-hydrogen) atoms. The lowest BCUT2D eigenvalue weighted by atomic mass is 9.96. The third kappa shape index (κ3) is 12.6. The summed E-state index contributed by atoms with van der Waals surface area (Å²) in [6.07, 6.45) is -1.26. The SMILES string of the molecule is CCC(C)C(NC(=O)C(CCC(N)=O)NC(=O)C(N)CCC(N)=O)C(=O)NC(CCC(=O)O)C(=O)O. The van der Waals surface area contributed by atoms with Crippen LogP contribution in [-0.4, -0.2) is 75.9 Å². The van der Waals surface area contributed by atoms with Gasteiger partial charge in [0.15, 0.2) is 0 Å². The predicted molar refractivity (Wildman–Crippen MR) is 125 cm³/mol. The van der Waals surface area contributed by atoms with Crippen LogP contribution < -0.4 is 33.2 Å². The molecule has 0 bridgehead atoms. The van der Waals surface area contributed by atoms with Crippen molar-refractivity contribution in [3.05, 3.63) is 0 Å². The molecule has 0 aromatic rings. The zero-order chi connectivity index (χ0) is 28.0. The number of primary amides is 2. The number of aliphatic carboxylic acids is 2. The molecule has 11 N–H and O–H groups in total. The average Bonchev–Trinajstić information content (AvgIpc) is 2.79. The molecule has 5 atom stereocenters. The van der Waals surface area contributed by atoms with Gasteiger partial charge < -0.3 is 43.4 Å². The average molecular weight is 517 g/mol. The Morgan fingerprint density at radius 1 is 0.722 bits per heavy atom. The highest BCUT2D eigenvalue weighted by atomic mass is 16.4. The molecule has 0 aliphatic carbocycles. The Morgan fingerprint density at radius 3 is 1.69 bits per heavy atom. The van der Waals surface area contributed by atoms with Gasteiger partial charge in [0.1, 0.15) is 18.1 Å². The van der Waals surface area contributed by atoms with Crippen LogP contribution in [0.15, 0.2) is 0 Å². The third-order valence-electron chi connectivity index (χ3n) is 5.41. The first-order chi connectivity index (χ1) is 16.7. The van der Waals surface area contributed by atoms with Gasteiger partial charge in [-0.1, -0.05) is 20.3 Å². The van der Waals surface area contributed by atoms with Crippen LogP contribution in [0.5, 0.6) is 0 Å². The van der Waals surface area contributed by atoms with E-state index in [2.05, 4.69) is 16.0 Å². The molecule has 0 aromatic carbocycles. The van der Waals surface area contributed by atoms with E-state index in [0.29, 0.717) is 6.42 Å². The maximum atomic E-state index is 13.0. The van der Waals surface area contributed by atoms with Crippen LogP contribution in [0.2, 0.25) is 0 Å². The third-order valence-corrected chi connectivity index (χ3v) is 5.41. The molecule has 0 heterocycles. The second kappa shape index (κ2) is 16.0. The molecule has 204 valence electrons. The van der Waals surface area contributed by atoms with Crippen molar-refractivity contribution in [1.82, 2.24) is 16.0 Å². The number of carboxylic acid groups (broad SMARTS) is 2. The molecule has 5 unspecified atom stereocenters. The molecule has 0 aliphatic rings. The lowest BCUT2D eigenvalue weighted by molar-refractivity contribution is -0.143. The molecule has 0 rings (SSSR count). The van der Waals surface area contributed by atoms with Crippen LogP contribution in [-0.2, 0) is 33.6 Å². The van der Waals surface area contributed by atoms with Gasteiger partial charge in [-0.15, -0.1) is 0 Å². The zero-order valence-corrected chi connectivity index (χ0v) is 20.3. The van der Waals surface area contributed by atoms with Crippen LogP contribution in [0.4, 0.5) is 0 Å². The fraction of sp³-hybridized carbons (Fsp3) is 0.667. The molecule has 15 heteroatoms. The molecule has 0 spiro atoms. The number of nitrogens with one attached hydrogen (secondary N) is 3. The zero-order valence-electron chi connectivity index (χ0n) is 20.3. The fourth-order valence-electron chi connectivity index (χ4n) is 3.01. The normalized spacial score (nSPS) is 14.9. The summed E-state index contributed by atoms with van der Waals surface area (Å²) >= 11 is 0. The number of hydrogen-bond donors (Lipinski definition) is 8. The molecule has 0 fully saturated rings. The number of hydrogen-bond acceptors (Lipinski definition) is 8. The molecular weight excluding hydrogens is 480 g/mol. The predicted octanol–water partition coefficient (Wildman–Crippen LogP) is -2.71. The van der Waals surface area contributed by atoms with Gasteiger partial charge in [0, 0.05) is 19.3 Å². The van der Waals surface area contributed by atoms with E-state index in [-0.39, 0.29) is 32.1 Å². The number of carbonyl (C=O) groups is 7. The first-order valence-corrected chi connectivity index (χ1v) is 11.4. The van der Waals surface area contributed by atoms with E-state index >= 15 is 0 Å². The lowest BCUT2D eigenvalue weighted by Gasteiger charge is -2.28. The topological polar surface area (TPSA) is 274 Å². The minimum absolute atomic E-state index is 0.0872. The minimum Gasteiger partial charge on any atom is -0.481 e. The van der Waals surface area contributed by atoms with E-state index in [9.17, 15) is 38.7 Å². The van der Waals surface area contributed by atoms with Gasteiger partial charge in [-0.25, -0.2) is 4.79 Å². The molecule has 0 saturated heterocycles. The van der Waals surface area contributed by atoms with E-state index in [1.165, 1.54) is 0 Å². The summed E-state index contributed by atoms with van der Waals surface area (Å²) in [5.74, 6) is -7.14. The second-order valence-corrected chi connectivity index (χ2v) is 8.38. The number of nitrogens with two attached hydrogens (primary N) is 3.